The van der Waals surface area contributed by atoms with E-state index in [-0.39, 0.29) is 23.7 Å². The molecule has 1 aromatic carbocycles. The number of piperidine rings is 1. The van der Waals surface area contributed by atoms with Crippen molar-refractivity contribution in [3.63, 3.8) is 0 Å². The summed E-state index contributed by atoms with van der Waals surface area (Å²) in [5, 5.41) is 11.9. The predicted molar refractivity (Wildman–Crippen MR) is 94.9 cm³/mol. The Morgan fingerprint density at radius 2 is 1.58 bits per heavy atom. The number of nitrogens with one attached hydrogen (secondary N) is 1. The van der Waals surface area contributed by atoms with Gasteiger partial charge in [0.1, 0.15) is 0 Å². The predicted octanol–water partition coefficient (Wildman–Crippen LogP) is 1.99. The minimum absolute atomic E-state index is 0.0110. The third-order valence-electron chi connectivity index (χ3n) is 5.12. The number of hydrogen-bond donors (Lipinski definition) is 2. The van der Waals surface area contributed by atoms with Gasteiger partial charge in [0.2, 0.25) is 5.91 Å². The van der Waals surface area contributed by atoms with Crippen LogP contribution in [0.2, 0.25) is 0 Å². The van der Waals surface area contributed by atoms with Crippen LogP contribution in [0, 0.1) is 11.8 Å². The molecule has 2 aliphatic heterocycles. The molecule has 7 heteroatoms. The highest BCUT2D eigenvalue weighted by molar-refractivity contribution is 5.96. The number of ether oxygens (including phenoxy) is 1. The van der Waals surface area contributed by atoms with Crippen molar-refractivity contribution >= 4 is 23.5 Å². The highest BCUT2D eigenvalue weighted by Gasteiger charge is 2.27. The number of nitrogens with zero attached hydrogens (tertiary/aromatic N) is 1. The maximum Gasteiger partial charge on any atom is 0.306 e. The largest absolute Gasteiger partial charge is 0.481 e. The van der Waals surface area contributed by atoms with Gasteiger partial charge in [-0.1, -0.05) is 0 Å². The molecular formula is C19H24N2O5. The number of rotatable bonds is 4. The first-order valence-electron chi connectivity index (χ1n) is 9.05. The van der Waals surface area contributed by atoms with Crippen LogP contribution in [0.25, 0.3) is 0 Å². The molecule has 0 bridgehead atoms. The van der Waals surface area contributed by atoms with Crippen LogP contribution in [0.3, 0.4) is 0 Å². The SMILES string of the molecule is O=C(O)C1CCN(C(=O)c2ccc(NC(=O)C3CCOCC3)cc2)CC1. The first kappa shape index (κ1) is 18.4. The van der Waals surface area contributed by atoms with E-state index in [1.54, 1.807) is 29.2 Å². The summed E-state index contributed by atoms with van der Waals surface area (Å²) < 4.78 is 5.26. The number of carboxylic acids is 1. The number of likely N-dealkylation sites (tertiary alicyclic amines) is 1. The Balaban J connectivity index is 1.54. The van der Waals surface area contributed by atoms with Crippen LogP contribution in [-0.4, -0.2) is 54.1 Å². The molecule has 0 unspecified atom stereocenters. The molecule has 7 nitrogen and oxygen atoms in total. The Kier molecular flexibility index (Phi) is 5.88. The van der Waals surface area contributed by atoms with Gasteiger partial charge in [0.15, 0.2) is 0 Å². The molecule has 0 aliphatic carbocycles. The molecule has 0 aromatic heterocycles. The Bertz CT molecular complexity index is 659. The molecule has 1 aromatic rings. The fourth-order valence-electron chi connectivity index (χ4n) is 3.41. The number of carboxylic acid groups (broad SMARTS) is 1. The first-order chi connectivity index (χ1) is 12.5. The summed E-state index contributed by atoms with van der Waals surface area (Å²) in [7, 11) is 0. The van der Waals surface area contributed by atoms with Gasteiger partial charge in [0.25, 0.3) is 5.91 Å². The number of aliphatic carboxylic acids is 1. The van der Waals surface area contributed by atoms with Crippen LogP contribution >= 0.6 is 0 Å². The lowest BCUT2D eigenvalue weighted by atomic mass is 9.96. The van der Waals surface area contributed by atoms with Crippen molar-refractivity contribution < 1.29 is 24.2 Å². The van der Waals surface area contributed by atoms with Crippen molar-refractivity contribution in [3.05, 3.63) is 29.8 Å². The van der Waals surface area contributed by atoms with Gasteiger partial charge in [-0.3, -0.25) is 14.4 Å². The van der Waals surface area contributed by atoms with E-state index in [2.05, 4.69) is 5.32 Å². The third kappa shape index (κ3) is 4.40. The minimum atomic E-state index is -0.790. The molecule has 0 saturated carbocycles. The molecule has 2 amide bonds. The van der Waals surface area contributed by atoms with Gasteiger partial charge in [-0.15, -0.1) is 0 Å². The van der Waals surface area contributed by atoms with Crippen molar-refractivity contribution in [2.24, 2.45) is 11.8 Å². The van der Waals surface area contributed by atoms with E-state index >= 15 is 0 Å². The zero-order chi connectivity index (χ0) is 18.5. The lowest BCUT2D eigenvalue weighted by molar-refractivity contribution is -0.143. The van der Waals surface area contributed by atoms with E-state index in [4.69, 9.17) is 9.84 Å². The molecule has 2 N–H and O–H groups in total. The molecular weight excluding hydrogens is 336 g/mol. The van der Waals surface area contributed by atoms with Crippen LogP contribution in [-0.2, 0) is 14.3 Å². The molecule has 2 heterocycles. The van der Waals surface area contributed by atoms with Gasteiger partial charge in [-0.05, 0) is 49.9 Å². The monoisotopic (exact) mass is 360 g/mol. The second kappa shape index (κ2) is 8.31. The molecule has 0 atom stereocenters. The highest BCUT2D eigenvalue weighted by atomic mass is 16.5. The summed E-state index contributed by atoms with van der Waals surface area (Å²) in [6, 6.07) is 6.86. The van der Waals surface area contributed by atoms with Crippen LogP contribution in [0.5, 0.6) is 0 Å². The van der Waals surface area contributed by atoms with Crippen molar-refractivity contribution in [1.29, 1.82) is 0 Å². The number of anilines is 1. The lowest BCUT2D eigenvalue weighted by Crippen LogP contribution is -2.40. The zero-order valence-electron chi connectivity index (χ0n) is 14.6. The lowest BCUT2D eigenvalue weighted by Gasteiger charge is -2.30. The number of hydrogen-bond acceptors (Lipinski definition) is 4. The van der Waals surface area contributed by atoms with E-state index in [1.807, 2.05) is 0 Å². The zero-order valence-corrected chi connectivity index (χ0v) is 14.6. The molecule has 0 radical (unpaired) electrons. The second-order valence-corrected chi connectivity index (χ2v) is 6.86. The molecule has 2 fully saturated rings. The highest BCUT2D eigenvalue weighted by Crippen LogP contribution is 2.21. The minimum Gasteiger partial charge on any atom is -0.481 e. The van der Waals surface area contributed by atoms with Crippen molar-refractivity contribution in [1.82, 2.24) is 4.90 Å². The summed E-state index contributed by atoms with van der Waals surface area (Å²) in [6.45, 7) is 2.14. The average Bonchev–Trinajstić information content (AvgIpc) is 2.69. The molecule has 2 saturated heterocycles. The number of carbonyl (C=O) groups excluding carboxylic acids is 2. The fourth-order valence-corrected chi connectivity index (χ4v) is 3.41. The van der Waals surface area contributed by atoms with E-state index < -0.39 is 5.97 Å². The topological polar surface area (TPSA) is 95.9 Å². The van der Waals surface area contributed by atoms with E-state index in [0.717, 1.165) is 12.8 Å². The van der Waals surface area contributed by atoms with E-state index in [1.165, 1.54) is 0 Å². The van der Waals surface area contributed by atoms with Gasteiger partial charge in [-0.2, -0.15) is 0 Å². The summed E-state index contributed by atoms with van der Waals surface area (Å²) in [6.07, 6.45) is 2.43. The van der Waals surface area contributed by atoms with Crippen LogP contribution < -0.4 is 5.32 Å². The number of amides is 2. The number of benzene rings is 1. The molecule has 0 spiro atoms. The first-order valence-corrected chi connectivity index (χ1v) is 9.05. The fraction of sp³-hybridized carbons (Fsp3) is 0.526. The summed E-state index contributed by atoms with van der Waals surface area (Å²) >= 11 is 0. The number of carbonyl (C=O) groups is 3. The Morgan fingerprint density at radius 1 is 0.962 bits per heavy atom. The van der Waals surface area contributed by atoms with Gasteiger partial charge in [-0.25, -0.2) is 0 Å². The van der Waals surface area contributed by atoms with Crippen molar-refractivity contribution in [2.75, 3.05) is 31.6 Å². The van der Waals surface area contributed by atoms with Crippen LogP contribution in [0.15, 0.2) is 24.3 Å². The molecule has 3 rings (SSSR count). The smallest absolute Gasteiger partial charge is 0.306 e. The summed E-state index contributed by atoms with van der Waals surface area (Å²) in [5.74, 6) is -1.29. The third-order valence-corrected chi connectivity index (χ3v) is 5.12. The second-order valence-electron chi connectivity index (χ2n) is 6.86. The molecule has 140 valence electrons. The van der Waals surface area contributed by atoms with Gasteiger partial charge >= 0.3 is 5.97 Å². The van der Waals surface area contributed by atoms with Gasteiger partial charge in [0, 0.05) is 43.5 Å². The Hall–Kier alpha value is -2.41. The van der Waals surface area contributed by atoms with Gasteiger partial charge < -0.3 is 20.1 Å². The summed E-state index contributed by atoms with van der Waals surface area (Å²) in [5.41, 5.74) is 1.21. The van der Waals surface area contributed by atoms with Crippen molar-refractivity contribution in [3.8, 4) is 0 Å². The van der Waals surface area contributed by atoms with E-state index in [9.17, 15) is 14.4 Å². The standard InChI is InChI=1S/C19H24N2O5/c22-17(13-7-11-26-12-8-13)20-16-3-1-14(2-4-16)18(23)21-9-5-15(6-10-21)19(24)25/h1-4,13,15H,5-12H2,(H,20,22)(H,24,25). The average molecular weight is 360 g/mol. The van der Waals surface area contributed by atoms with Crippen LogP contribution in [0.1, 0.15) is 36.0 Å². The Morgan fingerprint density at radius 3 is 2.15 bits per heavy atom. The molecule has 26 heavy (non-hydrogen) atoms. The van der Waals surface area contributed by atoms with Gasteiger partial charge in [0.05, 0.1) is 5.92 Å². The van der Waals surface area contributed by atoms with Crippen molar-refractivity contribution in [2.45, 2.75) is 25.7 Å². The maximum atomic E-state index is 12.5. The Labute approximate surface area is 152 Å². The summed E-state index contributed by atoms with van der Waals surface area (Å²) in [4.78, 5) is 37.4. The maximum absolute atomic E-state index is 12.5. The quantitative estimate of drug-likeness (QED) is 0.856. The van der Waals surface area contributed by atoms with Crippen LogP contribution in [0.4, 0.5) is 5.69 Å². The normalized spacial score (nSPS) is 19.2. The molecule has 2 aliphatic rings. The van der Waals surface area contributed by atoms with E-state index in [0.29, 0.717) is 50.4 Å².